The third-order valence-electron chi connectivity index (χ3n) is 3.68. The quantitative estimate of drug-likeness (QED) is 0.896. The Morgan fingerprint density at radius 1 is 1.17 bits per heavy atom. The molecule has 3 heteroatoms. The summed E-state index contributed by atoms with van der Waals surface area (Å²) < 4.78 is 1.92. The Hall–Kier alpha value is -1.77. The molecule has 1 heterocycles. The Bertz CT molecular complexity index is 567. The highest BCUT2D eigenvalue weighted by molar-refractivity contribution is 5.52. The number of rotatable bonds is 3. The molecule has 1 aromatic carbocycles. The van der Waals surface area contributed by atoms with Gasteiger partial charge in [-0.3, -0.25) is 4.68 Å². The fourth-order valence-electron chi connectivity index (χ4n) is 2.22. The van der Waals surface area contributed by atoms with Gasteiger partial charge in [-0.1, -0.05) is 18.2 Å². The zero-order valence-corrected chi connectivity index (χ0v) is 11.8. The van der Waals surface area contributed by atoms with Crippen molar-refractivity contribution in [2.24, 2.45) is 7.05 Å². The maximum Gasteiger partial charge on any atom is 0.0827 e. The van der Waals surface area contributed by atoms with E-state index in [-0.39, 0.29) is 0 Å². The first-order valence-corrected chi connectivity index (χ1v) is 6.30. The highest BCUT2D eigenvalue weighted by Crippen LogP contribution is 2.20. The van der Waals surface area contributed by atoms with Crippen LogP contribution < -0.4 is 5.32 Å². The van der Waals surface area contributed by atoms with Crippen LogP contribution in [-0.4, -0.2) is 9.78 Å². The number of nitrogens with zero attached hydrogens (tertiary/aromatic N) is 2. The average Bonchev–Trinajstić information content (AvgIpc) is 2.56. The lowest BCUT2D eigenvalue weighted by Gasteiger charge is -2.11. The third-order valence-corrected chi connectivity index (χ3v) is 3.68. The van der Waals surface area contributed by atoms with E-state index < -0.39 is 0 Å². The van der Waals surface area contributed by atoms with Gasteiger partial charge in [-0.2, -0.15) is 5.10 Å². The predicted molar refractivity (Wildman–Crippen MR) is 75.9 cm³/mol. The number of nitrogens with one attached hydrogen (secondary N) is 1. The molecular weight excluding hydrogens is 222 g/mol. The molecule has 0 spiro atoms. The number of aryl methyl sites for hydroxylation is 3. The lowest BCUT2D eigenvalue weighted by atomic mass is 10.0. The molecule has 0 aliphatic rings. The molecule has 1 aromatic heterocycles. The van der Waals surface area contributed by atoms with Crippen LogP contribution in [0.1, 0.15) is 28.1 Å². The number of aromatic nitrogens is 2. The van der Waals surface area contributed by atoms with E-state index in [4.69, 9.17) is 0 Å². The second-order valence-electron chi connectivity index (χ2n) is 4.88. The number of benzene rings is 1. The summed E-state index contributed by atoms with van der Waals surface area (Å²) in [6.07, 6.45) is 0. The van der Waals surface area contributed by atoms with Crippen LogP contribution in [0.25, 0.3) is 0 Å². The standard InChI is InChI=1S/C15H21N3/c1-10-7-6-8-14(11(10)2)9-16-15-12(3)17-18(5)13(15)4/h6-8,16H,9H2,1-5H3. The second kappa shape index (κ2) is 4.84. The molecule has 2 rings (SSSR count). The first-order chi connectivity index (χ1) is 8.50. The second-order valence-corrected chi connectivity index (χ2v) is 4.88. The number of hydrogen-bond acceptors (Lipinski definition) is 2. The zero-order valence-electron chi connectivity index (χ0n) is 11.8. The summed E-state index contributed by atoms with van der Waals surface area (Å²) in [7, 11) is 1.98. The number of hydrogen-bond donors (Lipinski definition) is 1. The van der Waals surface area contributed by atoms with E-state index in [1.54, 1.807) is 0 Å². The van der Waals surface area contributed by atoms with E-state index >= 15 is 0 Å². The fraction of sp³-hybridized carbons (Fsp3) is 0.400. The van der Waals surface area contributed by atoms with E-state index in [0.717, 1.165) is 17.9 Å². The lowest BCUT2D eigenvalue weighted by molar-refractivity contribution is 0.731. The minimum atomic E-state index is 0.848. The molecule has 0 atom stereocenters. The van der Waals surface area contributed by atoms with E-state index in [0.29, 0.717) is 0 Å². The summed E-state index contributed by atoms with van der Waals surface area (Å²) in [4.78, 5) is 0. The molecule has 0 fully saturated rings. The maximum atomic E-state index is 4.42. The average molecular weight is 243 g/mol. The Kier molecular flexibility index (Phi) is 3.41. The van der Waals surface area contributed by atoms with Gasteiger partial charge in [0.15, 0.2) is 0 Å². The molecule has 0 bridgehead atoms. The van der Waals surface area contributed by atoms with Crippen molar-refractivity contribution in [2.75, 3.05) is 5.32 Å². The van der Waals surface area contributed by atoms with Gasteiger partial charge in [0.25, 0.3) is 0 Å². The monoisotopic (exact) mass is 243 g/mol. The summed E-state index contributed by atoms with van der Waals surface area (Å²) in [6.45, 7) is 9.31. The Morgan fingerprint density at radius 3 is 2.50 bits per heavy atom. The molecule has 0 amide bonds. The molecule has 0 unspecified atom stereocenters. The molecular formula is C15H21N3. The van der Waals surface area contributed by atoms with E-state index in [9.17, 15) is 0 Å². The molecule has 96 valence electrons. The van der Waals surface area contributed by atoms with Crippen molar-refractivity contribution in [1.82, 2.24) is 9.78 Å². The van der Waals surface area contributed by atoms with Crippen molar-refractivity contribution in [3.63, 3.8) is 0 Å². The third kappa shape index (κ3) is 2.26. The van der Waals surface area contributed by atoms with Crippen LogP contribution >= 0.6 is 0 Å². The zero-order chi connectivity index (χ0) is 13.3. The highest BCUT2D eigenvalue weighted by atomic mass is 15.3. The van der Waals surface area contributed by atoms with Crippen LogP contribution in [0, 0.1) is 27.7 Å². The van der Waals surface area contributed by atoms with Crippen LogP contribution in [0.3, 0.4) is 0 Å². The van der Waals surface area contributed by atoms with Gasteiger partial charge >= 0.3 is 0 Å². The topological polar surface area (TPSA) is 29.9 Å². The van der Waals surface area contributed by atoms with Crippen LogP contribution in [0.4, 0.5) is 5.69 Å². The Balaban J connectivity index is 2.19. The summed E-state index contributed by atoms with van der Waals surface area (Å²) in [5, 5.41) is 7.92. The molecule has 0 saturated carbocycles. The summed E-state index contributed by atoms with van der Waals surface area (Å²) in [6, 6.07) is 6.44. The molecule has 0 aliphatic heterocycles. The SMILES string of the molecule is Cc1cccc(CNc2c(C)nn(C)c2C)c1C. The van der Waals surface area contributed by atoms with Crippen molar-refractivity contribution in [1.29, 1.82) is 0 Å². The lowest BCUT2D eigenvalue weighted by Crippen LogP contribution is -2.04. The minimum absolute atomic E-state index is 0.848. The van der Waals surface area contributed by atoms with Crippen LogP contribution in [-0.2, 0) is 13.6 Å². The van der Waals surface area contributed by atoms with Gasteiger partial charge in [0.1, 0.15) is 0 Å². The summed E-state index contributed by atoms with van der Waals surface area (Å²) >= 11 is 0. The molecule has 0 aliphatic carbocycles. The Morgan fingerprint density at radius 2 is 1.89 bits per heavy atom. The van der Waals surface area contributed by atoms with Crippen molar-refractivity contribution < 1.29 is 0 Å². The molecule has 1 N–H and O–H groups in total. The fourth-order valence-corrected chi connectivity index (χ4v) is 2.22. The van der Waals surface area contributed by atoms with Gasteiger partial charge in [-0.05, 0) is 44.4 Å². The van der Waals surface area contributed by atoms with Gasteiger partial charge in [-0.25, -0.2) is 0 Å². The van der Waals surface area contributed by atoms with Crippen LogP contribution in [0.2, 0.25) is 0 Å². The van der Waals surface area contributed by atoms with E-state index in [1.165, 1.54) is 22.4 Å². The molecule has 0 radical (unpaired) electrons. The largest absolute Gasteiger partial charge is 0.378 e. The molecule has 2 aromatic rings. The van der Waals surface area contributed by atoms with Crippen molar-refractivity contribution in [3.05, 3.63) is 46.3 Å². The molecule has 0 saturated heterocycles. The predicted octanol–water partition coefficient (Wildman–Crippen LogP) is 3.27. The van der Waals surface area contributed by atoms with Gasteiger partial charge in [0, 0.05) is 13.6 Å². The van der Waals surface area contributed by atoms with E-state index in [1.807, 2.05) is 18.7 Å². The first kappa shape index (κ1) is 12.7. The normalized spacial score (nSPS) is 10.7. The smallest absolute Gasteiger partial charge is 0.0827 e. The van der Waals surface area contributed by atoms with Crippen molar-refractivity contribution in [3.8, 4) is 0 Å². The van der Waals surface area contributed by atoms with Crippen LogP contribution in [0.5, 0.6) is 0 Å². The van der Waals surface area contributed by atoms with Crippen LogP contribution in [0.15, 0.2) is 18.2 Å². The number of anilines is 1. The van der Waals surface area contributed by atoms with Gasteiger partial charge in [-0.15, -0.1) is 0 Å². The maximum absolute atomic E-state index is 4.42. The molecule has 3 nitrogen and oxygen atoms in total. The van der Waals surface area contributed by atoms with Gasteiger partial charge in [0.05, 0.1) is 17.1 Å². The Labute approximate surface area is 109 Å². The first-order valence-electron chi connectivity index (χ1n) is 6.30. The summed E-state index contributed by atoms with van der Waals surface area (Å²) in [5.74, 6) is 0. The van der Waals surface area contributed by atoms with Crippen molar-refractivity contribution >= 4 is 5.69 Å². The highest BCUT2D eigenvalue weighted by Gasteiger charge is 2.09. The van der Waals surface area contributed by atoms with Gasteiger partial charge in [0.2, 0.25) is 0 Å². The summed E-state index contributed by atoms with van der Waals surface area (Å²) in [5.41, 5.74) is 7.44. The van der Waals surface area contributed by atoms with Gasteiger partial charge < -0.3 is 5.32 Å². The molecule has 18 heavy (non-hydrogen) atoms. The minimum Gasteiger partial charge on any atom is -0.378 e. The van der Waals surface area contributed by atoms with E-state index in [2.05, 4.69) is 49.4 Å². The van der Waals surface area contributed by atoms with Crippen molar-refractivity contribution in [2.45, 2.75) is 34.2 Å².